The SMILES string of the molecule is Cc1sc(C(=O)O)cc1CNc1cc(Br)ccc1C#N. The fraction of sp³-hybridized carbons (Fsp3) is 0.143. The molecular weight excluding hydrogens is 340 g/mol. The van der Waals surface area contributed by atoms with Gasteiger partial charge in [0.15, 0.2) is 0 Å². The number of halogens is 1. The molecule has 0 saturated carbocycles. The van der Waals surface area contributed by atoms with Crippen LogP contribution in [-0.4, -0.2) is 11.1 Å². The molecule has 0 amide bonds. The number of carboxylic acid groups (broad SMARTS) is 1. The molecule has 6 heteroatoms. The number of benzene rings is 1. The highest BCUT2D eigenvalue weighted by molar-refractivity contribution is 9.10. The third-order valence-corrected chi connectivity index (χ3v) is 4.38. The van der Waals surface area contributed by atoms with Crippen molar-refractivity contribution in [2.45, 2.75) is 13.5 Å². The van der Waals surface area contributed by atoms with Crippen molar-refractivity contribution < 1.29 is 9.90 Å². The minimum absolute atomic E-state index is 0.328. The van der Waals surface area contributed by atoms with Gasteiger partial charge in [-0.3, -0.25) is 0 Å². The number of aryl methyl sites for hydroxylation is 1. The van der Waals surface area contributed by atoms with Crippen LogP contribution < -0.4 is 5.32 Å². The van der Waals surface area contributed by atoms with Gasteiger partial charge in [-0.2, -0.15) is 5.26 Å². The summed E-state index contributed by atoms with van der Waals surface area (Å²) in [5.41, 5.74) is 2.21. The van der Waals surface area contributed by atoms with Crippen LogP contribution in [0.3, 0.4) is 0 Å². The predicted octanol–water partition coefficient (Wildman–Crippen LogP) is 4.00. The lowest BCUT2D eigenvalue weighted by Crippen LogP contribution is -2.01. The van der Waals surface area contributed by atoms with Crippen LogP contribution in [0.4, 0.5) is 5.69 Å². The molecule has 0 fully saturated rings. The molecule has 0 aliphatic carbocycles. The molecule has 0 radical (unpaired) electrons. The molecule has 1 aromatic heterocycles. The Balaban J connectivity index is 2.19. The van der Waals surface area contributed by atoms with E-state index < -0.39 is 5.97 Å². The predicted molar refractivity (Wildman–Crippen MR) is 82.2 cm³/mol. The fourth-order valence-corrected chi connectivity index (χ4v) is 2.99. The molecule has 1 aromatic carbocycles. The zero-order chi connectivity index (χ0) is 14.7. The number of anilines is 1. The second kappa shape index (κ2) is 6.07. The first-order chi connectivity index (χ1) is 9.51. The summed E-state index contributed by atoms with van der Waals surface area (Å²) < 4.78 is 0.882. The molecular formula is C14H11BrN2O2S. The van der Waals surface area contributed by atoms with E-state index in [-0.39, 0.29) is 0 Å². The first kappa shape index (κ1) is 14.6. The summed E-state index contributed by atoms with van der Waals surface area (Å²) in [7, 11) is 0. The van der Waals surface area contributed by atoms with Crippen LogP contribution >= 0.6 is 27.3 Å². The van der Waals surface area contributed by atoms with E-state index in [4.69, 9.17) is 10.4 Å². The van der Waals surface area contributed by atoms with Crippen LogP contribution in [0.2, 0.25) is 0 Å². The smallest absolute Gasteiger partial charge is 0.345 e. The van der Waals surface area contributed by atoms with Crippen molar-refractivity contribution in [2.24, 2.45) is 0 Å². The largest absolute Gasteiger partial charge is 0.477 e. The van der Waals surface area contributed by atoms with E-state index >= 15 is 0 Å². The Hall–Kier alpha value is -1.84. The Morgan fingerprint density at radius 2 is 2.25 bits per heavy atom. The van der Waals surface area contributed by atoms with Crippen molar-refractivity contribution in [1.82, 2.24) is 0 Å². The standard InChI is InChI=1S/C14H11BrN2O2S/c1-8-10(4-13(20-8)14(18)19)7-17-12-5-11(15)3-2-9(12)6-16/h2-5,17H,7H2,1H3,(H,18,19). The summed E-state index contributed by atoms with van der Waals surface area (Å²) in [5, 5.41) is 21.2. The molecule has 2 aromatic rings. The van der Waals surface area contributed by atoms with E-state index in [1.165, 1.54) is 11.3 Å². The minimum atomic E-state index is -0.912. The van der Waals surface area contributed by atoms with Gasteiger partial charge >= 0.3 is 5.97 Å². The van der Waals surface area contributed by atoms with Crippen LogP contribution in [0, 0.1) is 18.3 Å². The van der Waals surface area contributed by atoms with Crippen molar-refractivity contribution in [3.05, 3.63) is 49.6 Å². The molecule has 1 heterocycles. The molecule has 20 heavy (non-hydrogen) atoms. The first-order valence-corrected chi connectivity index (χ1v) is 7.38. The molecule has 0 unspecified atom stereocenters. The lowest BCUT2D eigenvalue weighted by atomic mass is 10.2. The Morgan fingerprint density at radius 1 is 1.50 bits per heavy atom. The van der Waals surface area contributed by atoms with Crippen LogP contribution in [0.25, 0.3) is 0 Å². The van der Waals surface area contributed by atoms with Crippen LogP contribution in [0.1, 0.15) is 25.7 Å². The van der Waals surface area contributed by atoms with E-state index in [1.807, 2.05) is 19.1 Å². The molecule has 2 N–H and O–H groups in total. The number of thiophene rings is 1. The van der Waals surface area contributed by atoms with Crippen molar-refractivity contribution in [2.75, 3.05) is 5.32 Å². The second-order valence-corrected chi connectivity index (χ2v) is 6.32. The second-order valence-electron chi connectivity index (χ2n) is 4.15. The Labute approximate surface area is 128 Å². The number of hydrogen-bond acceptors (Lipinski definition) is 4. The summed E-state index contributed by atoms with van der Waals surface area (Å²) in [6.07, 6.45) is 0. The van der Waals surface area contributed by atoms with Crippen molar-refractivity contribution in [1.29, 1.82) is 5.26 Å². The molecule has 4 nitrogen and oxygen atoms in total. The maximum absolute atomic E-state index is 10.9. The zero-order valence-corrected chi connectivity index (χ0v) is 13.0. The van der Waals surface area contributed by atoms with Gasteiger partial charge < -0.3 is 10.4 Å². The summed E-state index contributed by atoms with van der Waals surface area (Å²) in [4.78, 5) is 12.2. The molecule has 0 atom stereocenters. The van der Waals surface area contributed by atoms with Gasteiger partial charge in [0.1, 0.15) is 10.9 Å². The number of carboxylic acids is 1. The van der Waals surface area contributed by atoms with Gasteiger partial charge in [0.2, 0.25) is 0 Å². The van der Waals surface area contributed by atoms with Gasteiger partial charge in [0.25, 0.3) is 0 Å². The summed E-state index contributed by atoms with van der Waals surface area (Å²) in [6, 6.07) is 9.16. The average molecular weight is 351 g/mol. The molecule has 0 spiro atoms. The first-order valence-electron chi connectivity index (χ1n) is 5.77. The lowest BCUT2D eigenvalue weighted by Gasteiger charge is -2.08. The molecule has 0 saturated heterocycles. The molecule has 102 valence electrons. The Kier molecular flexibility index (Phi) is 4.42. The Bertz CT molecular complexity index is 704. The number of nitrogens with zero attached hydrogens (tertiary/aromatic N) is 1. The lowest BCUT2D eigenvalue weighted by molar-refractivity contribution is 0.0702. The molecule has 0 aliphatic heterocycles. The van der Waals surface area contributed by atoms with Gasteiger partial charge in [-0.25, -0.2) is 4.79 Å². The van der Waals surface area contributed by atoms with Crippen LogP contribution in [-0.2, 0) is 6.54 Å². The zero-order valence-electron chi connectivity index (χ0n) is 10.6. The van der Waals surface area contributed by atoms with E-state index in [0.29, 0.717) is 17.0 Å². The highest BCUT2D eigenvalue weighted by Crippen LogP contribution is 2.25. The van der Waals surface area contributed by atoms with E-state index in [1.54, 1.807) is 12.1 Å². The molecule has 0 bridgehead atoms. The van der Waals surface area contributed by atoms with E-state index in [0.717, 1.165) is 20.6 Å². The number of aromatic carboxylic acids is 1. The monoisotopic (exact) mass is 350 g/mol. The summed E-state index contributed by atoms with van der Waals surface area (Å²) in [6.45, 7) is 2.38. The third kappa shape index (κ3) is 3.18. The van der Waals surface area contributed by atoms with Gasteiger partial charge in [-0.15, -0.1) is 11.3 Å². The molecule has 0 aliphatic rings. The average Bonchev–Trinajstić information content (AvgIpc) is 2.78. The van der Waals surface area contributed by atoms with E-state index in [9.17, 15) is 4.79 Å². The maximum Gasteiger partial charge on any atom is 0.345 e. The van der Waals surface area contributed by atoms with Gasteiger partial charge in [-0.05, 0) is 36.8 Å². The number of nitriles is 1. The number of carbonyl (C=O) groups is 1. The summed E-state index contributed by atoms with van der Waals surface area (Å²) >= 11 is 4.62. The topological polar surface area (TPSA) is 73.1 Å². The van der Waals surface area contributed by atoms with Crippen LogP contribution in [0.5, 0.6) is 0 Å². The highest BCUT2D eigenvalue weighted by atomic mass is 79.9. The van der Waals surface area contributed by atoms with Crippen molar-refractivity contribution in [3.8, 4) is 6.07 Å². The quantitative estimate of drug-likeness (QED) is 0.873. The van der Waals surface area contributed by atoms with Crippen molar-refractivity contribution in [3.63, 3.8) is 0 Å². The highest BCUT2D eigenvalue weighted by Gasteiger charge is 2.11. The molecule has 2 rings (SSSR count). The number of nitrogens with one attached hydrogen (secondary N) is 1. The Morgan fingerprint density at radius 3 is 2.85 bits per heavy atom. The van der Waals surface area contributed by atoms with Gasteiger partial charge in [-0.1, -0.05) is 15.9 Å². The fourth-order valence-electron chi connectivity index (χ4n) is 1.75. The van der Waals surface area contributed by atoms with Gasteiger partial charge in [0, 0.05) is 15.9 Å². The number of rotatable bonds is 4. The number of hydrogen-bond donors (Lipinski definition) is 2. The van der Waals surface area contributed by atoms with Gasteiger partial charge in [0.05, 0.1) is 11.3 Å². The maximum atomic E-state index is 10.9. The van der Waals surface area contributed by atoms with Crippen molar-refractivity contribution >= 4 is 38.9 Å². The van der Waals surface area contributed by atoms with Crippen LogP contribution in [0.15, 0.2) is 28.7 Å². The summed E-state index contributed by atoms with van der Waals surface area (Å²) in [5.74, 6) is -0.912. The normalized spacial score (nSPS) is 10.1. The van der Waals surface area contributed by atoms with E-state index in [2.05, 4.69) is 27.3 Å². The minimum Gasteiger partial charge on any atom is -0.477 e. The third-order valence-electron chi connectivity index (χ3n) is 2.80.